The number of nitrogens with zero attached hydrogens (tertiary/aromatic N) is 1. The van der Waals surface area contributed by atoms with Gasteiger partial charge in [-0.1, -0.05) is 68.7 Å². The van der Waals surface area contributed by atoms with Gasteiger partial charge in [-0.25, -0.2) is 0 Å². The summed E-state index contributed by atoms with van der Waals surface area (Å²) < 4.78 is 11.9. The van der Waals surface area contributed by atoms with E-state index in [1.54, 1.807) is 6.21 Å². The summed E-state index contributed by atoms with van der Waals surface area (Å²) in [6.45, 7) is 12.7. The summed E-state index contributed by atoms with van der Waals surface area (Å²) in [5, 5.41) is 11.5. The van der Waals surface area contributed by atoms with Crippen LogP contribution in [-0.4, -0.2) is 11.3 Å². The first-order valence-electron chi connectivity index (χ1n) is 8.72. The molecule has 0 saturated carbocycles. The first kappa shape index (κ1) is 20.9. The Bertz CT molecular complexity index is 859. The molecule has 2 rings (SSSR count). The van der Waals surface area contributed by atoms with Crippen LogP contribution in [0.15, 0.2) is 41.4 Å². The van der Waals surface area contributed by atoms with Crippen LogP contribution in [0.25, 0.3) is 0 Å². The van der Waals surface area contributed by atoms with Crippen molar-refractivity contribution < 1.29 is 9.67 Å². The van der Waals surface area contributed by atoms with Gasteiger partial charge in [-0.05, 0) is 34.6 Å². The van der Waals surface area contributed by atoms with Crippen LogP contribution < -0.4 is 5.30 Å². The Morgan fingerprint density at radius 3 is 2.19 bits per heavy atom. The van der Waals surface area contributed by atoms with E-state index in [1.165, 1.54) is 0 Å². The molecule has 0 fully saturated rings. The maximum atomic E-state index is 11.9. The molecule has 2 aromatic rings. The van der Waals surface area contributed by atoms with Gasteiger partial charge in [0.25, 0.3) is 0 Å². The molecule has 0 heterocycles. The van der Waals surface area contributed by atoms with E-state index < -0.39 is 7.49 Å². The van der Waals surface area contributed by atoms with Crippen LogP contribution in [-0.2, 0) is 15.4 Å². The average Bonchev–Trinajstić information content (AvgIpc) is 2.51. The SMILES string of the molecule is CC(C)(C)c1cc(/C=N/c2ccccc2[PH](=O)P)c(O)c(C(C)(C)C)c1. The lowest BCUT2D eigenvalue weighted by molar-refractivity contribution is 0.444. The van der Waals surface area contributed by atoms with Crippen molar-refractivity contribution in [1.29, 1.82) is 0 Å². The zero-order valence-corrected chi connectivity index (χ0v) is 18.6. The molecule has 0 saturated heterocycles. The van der Waals surface area contributed by atoms with Gasteiger partial charge in [0.15, 0.2) is 0 Å². The molecule has 0 aliphatic heterocycles. The molecule has 0 aliphatic rings. The molecule has 2 aromatic carbocycles. The van der Waals surface area contributed by atoms with Gasteiger partial charge in [-0.15, -0.1) is 0 Å². The number of phenols is 1. The molecule has 0 aliphatic carbocycles. The van der Waals surface area contributed by atoms with E-state index in [9.17, 15) is 9.67 Å². The van der Waals surface area contributed by atoms with Crippen LogP contribution in [0.5, 0.6) is 5.75 Å². The summed E-state index contributed by atoms with van der Waals surface area (Å²) >= 11 is 0. The van der Waals surface area contributed by atoms with Crippen molar-refractivity contribution in [2.24, 2.45) is 4.99 Å². The lowest BCUT2D eigenvalue weighted by Gasteiger charge is -2.27. The first-order chi connectivity index (χ1) is 11.9. The normalized spacial score (nSPS) is 14.0. The average molecular weight is 389 g/mol. The van der Waals surface area contributed by atoms with Gasteiger partial charge in [0.05, 0.1) is 5.69 Å². The number of phenolic OH excluding ortho intramolecular Hbond substituents is 1. The Morgan fingerprint density at radius 2 is 1.65 bits per heavy atom. The van der Waals surface area contributed by atoms with Gasteiger partial charge in [0.1, 0.15) is 13.2 Å². The summed E-state index contributed by atoms with van der Waals surface area (Å²) in [7, 11) is 0.437. The van der Waals surface area contributed by atoms with E-state index in [2.05, 4.69) is 61.5 Å². The highest BCUT2D eigenvalue weighted by atomic mass is 32.0. The second kappa shape index (κ2) is 7.67. The van der Waals surface area contributed by atoms with Crippen molar-refractivity contribution >= 4 is 33.6 Å². The van der Waals surface area contributed by atoms with Gasteiger partial charge in [-0.3, -0.25) is 4.99 Å². The molecule has 0 amide bonds. The van der Waals surface area contributed by atoms with E-state index in [1.807, 2.05) is 30.3 Å². The monoisotopic (exact) mass is 389 g/mol. The highest BCUT2D eigenvalue weighted by molar-refractivity contribution is 8.10. The minimum atomic E-state index is -1.93. The maximum Gasteiger partial charge on any atom is 0.128 e. The molecule has 0 aromatic heterocycles. The topological polar surface area (TPSA) is 49.7 Å². The molecular weight excluding hydrogens is 360 g/mol. The van der Waals surface area contributed by atoms with Crippen molar-refractivity contribution in [3.8, 4) is 5.75 Å². The van der Waals surface area contributed by atoms with Gasteiger partial charge in [0, 0.05) is 22.6 Å². The Kier molecular flexibility index (Phi) is 6.16. The highest BCUT2D eigenvalue weighted by Gasteiger charge is 2.24. The molecule has 0 spiro atoms. The van der Waals surface area contributed by atoms with E-state index >= 15 is 0 Å². The standard InChI is InChI=1S/C21H29NO2P2/c1-20(2,3)15-11-14(19(23)16(12-15)21(4,5)6)13-22-17-9-7-8-10-18(17)26(24)25/h7-13,23,26H,25H2,1-6H3/b22-13+. The number of hydrogen-bond donors (Lipinski definition) is 1. The van der Waals surface area contributed by atoms with Gasteiger partial charge in [-0.2, -0.15) is 0 Å². The minimum Gasteiger partial charge on any atom is -0.507 e. The third-order valence-electron chi connectivity index (χ3n) is 4.33. The highest BCUT2D eigenvalue weighted by Crippen LogP contribution is 2.37. The smallest absolute Gasteiger partial charge is 0.128 e. The summed E-state index contributed by atoms with van der Waals surface area (Å²) in [4.78, 5) is 4.53. The molecule has 5 heteroatoms. The molecule has 1 N–H and O–H groups in total. The largest absolute Gasteiger partial charge is 0.507 e. The van der Waals surface area contributed by atoms with Crippen molar-refractivity contribution in [3.05, 3.63) is 53.1 Å². The van der Waals surface area contributed by atoms with Crippen molar-refractivity contribution in [2.45, 2.75) is 52.4 Å². The van der Waals surface area contributed by atoms with E-state index in [-0.39, 0.29) is 16.6 Å². The van der Waals surface area contributed by atoms with E-state index in [0.29, 0.717) is 11.3 Å². The number of para-hydroxylation sites is 1. The predicted molar refractivity (Wildman–Crippen MR) is 118 cm³/mol. The van der Waals surface area contributed by atoms with Gasteiger partial charge in [0.2, 0.25) is 0 Å². The van der Waals surface area contributed by atoms with Crippen LogP contribution >= 0.6 is 16.4 Å². The quantitative estimate of drug-likeness (QED) is 0.540. The molecule has 0 bridgehead atoms. The number of aromatic hydroxyl groups is 1. The fourth-order valence-corrected chi connectivity index (χ4v) is 4.09. The van der Waals surface area contributed by atoms with Crippen LogP contribution in [0.1, 0.15) is 58.2 Å². The van der Waals surface area contributed by atoms with Crippen LogP contribution in [0, 0.1) is 0 Å². The molecule has 140 valence electrons. The van der Waals surface area contributed by atoms with Crippen LogP contribution in [0.4, 0.5) is 5.69 Å². The van der Waals surface area contributed by atoms with Crippen molar-refractivity contribution in [1.82, 2.24) is 0 Å². The number of aliphatic imine (C=N–C) groups is 1. The van der Waals surface area contributed by atoms with Crippen LogP contribution in [0.2, 0.25) is 0 Å². The molecule has 26 heavy (non-hydrogen) atoms. The van der Waals surface area contributed by atoms with Gasteiger partial charge < -0.3 is 9.67 Å². The van der Waals surface area contributed by atoms with E-state index in [0.717, 1.165) is 16.4 Å². The number of rotatable bonds is 3. The molecule has 2 unspecified atom stereocenters. The summed E-state index contributed by atoms with van der Waals surface area (Å²) in [6.07, 6.45) is 1.67. The van der Waals surface area contributed by atoms with Crippen molar-refractivity contribution in [2.75, 3.05) is 0 Å². The Morgan fingerprint density at radius 1 is 1.04 bits per heavy atom. The molecule has 0 radical (unpaired) electrons. The zero-order chi connectivity index (χ0) is 19.7. The van der Waals surface area contributed by atoms with E-state index in [4.69, 9.17) is 0 Å². The lowest BCUT2D eigenvalue weighted by Crippen LogP contribution is -2.17. The molecule has 2 atom stereocenters. The minimum absolute atomic E-state index is 0.0422. The zero-order valence-electron chi connectivity index (χ0n) is 16.4. The Balaban J connectivity index is 2.61. The number of hydrogen-bond acceptors (Lipinski definition) is 3. The third-order valence-corrected chi connectivity index (χ3v) is 6.21. The number of benzene rings is 2. The Labute approximate surface area is 159 Å². The fourth-order valence-electron chi connectivity index (χ4n) is 2.69. The van der Waals surface area contributed by atoms with Gasteiger partial charge >= 0.3 is 0 Å². The second-order valence-corrected chi connectivity index (χ2v) is 11.4. The third kappa shape index (κ3) is 4.84. The summed E-state index contributed by atoms with van der Waals surface area (Å²) in [5.74, 6) is 0.255. The predicted octanol–water partition coefficient (Wildman–Crippen LogP) is 5.71. The maximum absolute atomic E-state index is 11.9. The summed E-state index contributed by atoms with van der Waals surface area (Å²) in [5.41, 5.74) is 3.18. The van der Waals surface area contributed by atoms with Crippen molar-refractivity contribution in [3.63, 3.8) is 0 Å². The fraction of sp³-hybridized carbons (Fsp3) is 0.381. The Hall–Kier alpha value is -1.43. The van der Waals surface area contributed by atoms with Crippen LogP contribution in [0.3, 0.4) is 0 Å². The first-order valence-corrected chi connectivity index (χ1v) is 11.9. The molecular formula is C21H29NO2P2. The lowest BCUT2D eigenvalue weighted by atomic mass is 9.79. The second-order valence-electron chi connectivity index (χ2n) is 8.60. The molecule has 3 nitrogen and oxygen atoms in total. The summed E-state index contributed by atoms with van der Waals surface area (Å²) in [6, 6.07) is 11.5.